The third-order valence-electron chi connectivity index (χ3n) is 4.67. The lowest BCUT2D eigenvalue weighted by Crippen LogP contribution is -2.33. The van der Waals surface area contributed by atoms with E-state index in [1.807, 2.05) is 58.0 Å². The molecule has 0 spiro atoms. The van der Waals surface area contributed by atoms with Crippen molar-refractivity contribution in [3.05, 3.63) is 52.6 Å². The Morgan fingerprint density at radius 2 is 1.76 bits per heavy atom. The van der Waals surface area contributed by atoms with E-state index in [2.05, 4.69) is 5.32 Å². The van der Waals surface area contributed by atoms with Gasteiger partial charge in [0.2, 0.25) is 0 Å². The summed E-state index contributed by atoms with van der Waals surface area (Å²) in [5, 5.41) is 13.3. The van der Waals surface area contributed by atoms with Crippen LogP contribution in [0.5, 0.6) is 17.2 Å². The van der Waals surface area contributed by atoms with E-state index in [-0.39, 0.29) is 12.6 Å². The predicted molar refractivity (Wildman–Crippen MR) is 113 cm³/mol. The van der Waals surface area contributed by atoms with Gasteiger partial charge in [-0.15, -0.1) is 0 Å². The molecule has 158 valence electrons. The molecule has 1 atom stereocenters. The van der Waals surface area contributed by atoms with Crippen LogP contribution in [0.3, 0.4) is 0 Å². The van der Waals surface area contributed by atoms with Crippen molar-refractivity contribution in [1.29, 1.82) is 0 Å². The fourth-order valence-corrected chi connectivity index (χ4v) is 2.94. The Balaban J connectivity index is 1.77. The summed E-state index contributed by atoms with van der Waals surface area (Å²) in [6, 6.07) is 9.70. The molecule has 0 radical (unpaired) electrons. The van der Waals surface area contributed by atoms with Gasteiger partial charge in [-0.1, -0.05) is 18.2 Å². The lowest BCUT2D eigenvalue weighted by Gasteiger charge is -2.18. The number of para-hydroxylation sites is 1. The number of hydrogen-bond acceptors (Lipinski definition) is 6. The summed E-state index contributed by atoms with van der Waals surface area (Å²) in [7, 11) is 0. The number of aryl methyl sites for hydroxylation is 2. The maximum absolute atomic E-state index is 11.3. The van der Waals surface area contributed by atoms with Crippen LogP contribution in [0.1, 0.15) is 29.2 Å². The predicted octanol–water partition coefficient (Wildman–Crippen LogP) is 3.25. The fraction of sp³-hybridized carbons (Fsp3) is 0.435. The number of aliphatic hydroxyl groups is 1. The molecule has 0 aromatic heterocycles. The second-order valence-electron chi connectivity index (χ2n) is 7.15. The first-order chi connectivity index (χ1) is 13.8. The minimum atomic E-state index is -0.651. The molecule has 0 fully saturated rings. The second-order valence-corrected chi connectivity index (χ2v) is 7.15. The van der Waals surface area contributed by atoms with Crippen molar-refractivity contribution in [3.63, 3.8) is 0 Å². The summed E-state index contributed by atoms with van der Waals surface area (Å²) in [4.78, 5) is 11.3. The zero-order valence-electron chi connectivity index (χ0n) is 17.9. The van der Waals surface area contributed by atoms with Gasteiger partial charge >= 0.3 is 5.97 Å². The van der Waals surface area contributed by atoms with Crippen LogP contribution < -0.4 is 19.5 Å². The number of aliphatic hydroxyl groups excluding tert-OH is 1. The number of ether oxygens (including phenoxy) is 3. The SMILES string of the molecule is CC(=O)Oc1c(C)cc(OC[C@H](O)CNCCOc2ccccc2C)c(C)c1C. The van der Waals surface area contributed by atoms with Gasteiger partial charge in [-0.2, -0.15) is 0 Å². The number of hydrogen-bond donors (Lipinski definition) is 2. The van der Waals surface area contributed by atoms with E-state index in [9.17, 15) is 9.90 Å². The number of carbonyl (C=O) groups is 1. The zero-order valence-corrected chi connectivity index (χ0v) is 17.9. The Labute approximate surface area is 172 Å². The average Bonchev–Trinajstić information content (AvgIpc) is 2.68. The number of nitrogens with one attached hydrogen (secondary N) is 1. The van der Waals surface area contributed by atoms with E-state index in [0.717, 1.165) is 28.0 Å². The molecule has 0 aliphatic heterocycles. The van der Waals surface area contributed by atoms with Gasteiger partial charge in [0.1, 0.15) is 36.6 Å². The number of carbonyl (C=O) groups excluding carboxylic acids is 1. The molecule has 0 aliphatic rings. The summed E-state index contributed by atoms with van der Waals surface area (Å²) in [5.74, 6) is 1.77. The standard InChI is InChI=1S/C23H31NO5/c1-15-8-6-7-9-21(15)27-11-10-24-13-20(26)14-28-22-12-16(2)23(29-19(5)25)18(4)17(22)3/h6-9,12,20,24,26H,10-11,13-14H2,1-5H3/t20-/m1/s1. The molecule has 0 heterocycles. The van der Waals surface area contributed by atoms with Crippen molar-refractivity contribution in [2.45, 2.75) is 40.7 Å². The monoisotopic (exact) mass is 401 g/mol. The number of benzene rings is 2. The van der Waals surface area contributed by atoms with Crippen LogP contribution in [0.25, 0.3) is 0 Å². The van der Waals surface area contributed by atoms with E-state index in [4.69, 9.17) is 14.2 Å². The molecule has 0 amide bonds. The van der Waals surface area contributed by atoms with E-state index in [0.29, 0.717) is 31.2 Å². The van der Waals surface area contributed by atoms with E-state index in [1.54, 1.807) is 0 Å². The topological polar surface area (TPSA) is 77.0 Å². The lowest BCUT2D eigenvalue weighted by molar-refractivity contribution is -0.131. The van der Waals surface area contributed by atoms with Gasteiger partial charge in [0.25, 0.3) is 0 Å². The largest absolute Gasteiger partial charge is 0.492 e. The van der Waals surface area contributed by atoms with Gasteiger partial charge in [-0.3, -0.25) is 4.79 Å². The smallest absolute Gasteiger partial charge is 0.308 e. The van der Waals surface area contributed by atoms with Crippen LogP contribution in [0.15, 0.2) is 30.3 Å². The maximum atomic E-state index is 11.3. The Morgan fingerprint density at radius 1 is 1.03 bits per heavy atom. The molecule has 0 bridgehead atoms. The van der Waals surface area contributed by atoms with Gasteiger partial charge in [-0.05, 0) is 62.1 Å². The summed E-state index contributed by atoms with van der Waals surface area (Å²) in [6.07, 6.45) is -0.651. The molecule has 0 unspecified atom stereocenters. The molecule has 29 heavy (non-hydrogen) atoms. The normalized spacial score (nSPS) is 11.8. The van der Waals surface area contributed by atoms with Gasteiger partial charge < -0.3 is 24.6 Å². The van der Waals surface area contributed by atoms with Crippen LogP contribution in [-0.2, 0) is 4.79 Å². The van der Waals surface area contributed by atoms with Crippen molar-refractivity contribution in [1.82, 2.24) is 5.32 Å². The van der Waals surface area contributed by atoms with Crippen LogP contribution in [-0.4, -0.2) is 43.5 Å². The first-order valence-electron chi connectivity index (χ1n) is 9.78. The molecule has 2 aromatic rings. The summed E-state index contributed by atoms with van der Waals surface area (Å²) in [6.45, 7) is 10.8. The Kier molecular flexibility index (Phi) is 8.49. The van der Waals surface area contributed by atoms with Crippen molar-refractivity contribution in [2.24, 2.45) is 0 Å². The fourth-order valence-electron chi connectivity index (χ4n) is 2.94. The Morgan fingerprint density at radius 3 is 2.45 bits per heavy atom. The molecule has 0 saturated carbocycles. The minimum absolute atomic E-state index is 0.165. The molecule has 6 heteroatoms. The van der Waals surface area contributed by atoms with Gasteiger partial charge in [0.05, 0.1) is 0 Å². The second kappa shape index (κ2) is 10.8. The average molecular weight is 402 g/mol. The molecular weight excluding hydrogens is 370 g/mol. The molecule has 2 aromatic carbocycles. The van der Waals surface area contributed by atoms with Crippen molar-refractivity contribution in [2.75, 3.05) is 26.3 Å². The first kappa shape index (κ1) is 22.7. The van der Waals surface area contributed by atoms with Gasteiger partial charge in [0.15, 0.2) is 0 Å². The van der Waals surface area contributed by atoms with Gasteiger partial charge in [-0.25, -0.2) is 0 Å². The highest BCUT2D eigenvalue weighted by Gasteiger charge is 2.15. The Hall–Kier alpha value is -2.57. The van der Waals surface area contributed by atoms with Crippen molar-refractivity contribution >= 4 is 5.97 Å². The van der Waals surface area contributed by atoms with Crippen molar-refractivity contribution < 1.29 is 24.1 Å². The van der Waals surface area contributed by atoms with Crippen LogP contribution in [0, 0.1) is 27.7 Å². The lowest BCUT2D eigenvalue weighted by atomic mass is 10.0. The quantitative estimate of drug-likeness (QED) is 0.362. The zero-order chi connectivity index (χ0) is 21.4. The highest BCUT2D eigenvalue weighted by Crippen LogP contribution is 2.33. The molecule has 2 rings (SSSR count). The molecule has 6 nitrogen and oxygen atoms in total. The minimum Gasteiger partial charge on any atom is -0.492 e. The number of esters is 1. The van der Waals surface area contributed by atoms with Crippen LogP contribution in [0.4, 0.5) is 0 Å². The summed E-state index contributed by atoms with van der Waals surface area (Å²) < 4.78 is 16.8. The maximum Gasteiger partial charge on any atom is 0.308 e. The highest BCUT2D eigenvalue weighted by atomic mass is 16.5. The van der Waals surface area contributed by atoms with E-state index in [1.165, 1.54) is 6.92 Å². The van der Waals surface area contributed by atoms with Gasteiger partial charge in [0, 0.05) is 20.0 Å². The molecular formula is C23H31NO5. The number of rotatable bonds is 10. The third kappa shape index (κ3) is 6.76. The molecule has 0 aliphatic carbocycles. The summed E-state index contributed by atoms with van der Waals surface area (Å²) >= 11 is 0. The molecule has 0 saturated heterocycles. The Bertz CT molecular complexity index is 834. The molecule has 2 N–H and O–H groups in total. The first-order valence-corrected chi connectivity index (χ1v) is 9.78. The third-order valence-corrected chi connectivity index (χ3v) is 4.67. The van der Waals surface area contributed by atoms with Crippen LogP contribution in [0.2, 0.25) is 0 Å². The van der Waals surface area contributed by atoms with E-state index < -0.39 is 6.10 Å². The van der Waals surface area contributed by atoms with Crippen molar-refractivity contribution in [3.8, 4) is 17.2 Å². The highest BCUT2D eigenvalue weighted by molar-refractivity contribution is 5.71. The summed E-state index contributed by atoms with van der Waals surface area (Å²) in [5.41, 5.74) is 3.66. The van der Waals surface area contributed by atoms with Crippen LogP contribution >= 0.6 is 0 Å². The van der Waals surface area contributed by atoms with E-state index >= 15 is 0 Å².